The first-order valence-corrected chi connectivity index (χ1v) is 7.86. The molecule has 0 saturated heterocycles. The standard InChI is InChI=1S/C19H15N5O/c1-13-11-12-20-19-22-17(23-24(13)19)18(25)21-16-10-6-5-9-15(16)14-7-3-2-4-8-14/h2-12H,1H3,(H,21,25). The lowest BCUT2D eigenvalue weighted by Crippen LogP contribution is -2.14. The molecule has 6 heteroatoms. The Labute approximate surface area is 144 Å². The molecule has 0 atom stereocenters. The first-order valence-electron chi connectivity index (χ1n) is 7.86. The zero-order chi connectivity index (χ0) is 17.2. The average Bonchev–Trinajstić information content (AvgIpc) is 3.09. The van der Waals surface area contributed by atoms with Crippen LogP contribution in [0, 0.1) is 6.92 Å². The van der Waals surface area contributed by atoms with Crippen LogP contribution in [0.5, 0.6) is 0 Å². The van der Waals surface area contributed by atoms with E-state index in [0.29, 0.717) is 11.5 Å². The molecule has 0 radical (unpaired) electrons. The summed E-state index contributed by atoms with van der Waals surface area (Å²) >= 11 is 0. The summed E-state index contributed by atoms with van der Waals surface area (Å²) in [6, 6.07) is 19.3. The Morgan fingerprint density at radius 2 is 1.76 bits per heavy atom. The Morgan fingerprint density at radius 3 is 2.56 bits per heavy atom. The number of anilines is 1. The minimum absolute atomic E-state index is 0.0877. The Morgan fingerprint density at radius 1 is 1.00 bits per heavy atom. The number of nitrogens with one attached hydrogen (secondary N) is 1. The maximum absolute atomic E-state index is 12.6. The van der Waals surface area contributed by atoms with Gasteiger partial charge in [-0.25, -0.2) is 9.50 Å². The van der Waals surface area contributed by atoms with Gasteiger partial charge in [0.15, 0.2) is 0 Å². The summed E-state index contributed by atoms with van der Waals surface area (Å²) in [4.78, 5) is 20.9. The Balaban J connectivity index is 1.68. The van der Waals surface area contributed by atoms with Crippen molar-refractivity contribution in [2.45, 2.75) is 6.92 Å². The minimum Gasteiger partial charge on any atom is -0.319 e. The number of para-hydroxylation sites is 1. The van der Waals surface area contributed by atoms with E-state index in [4.69, 9.17) is 0 Å². The van der Waals surface area contributed by atoms with Crippen molar-refractivity contribution < 1.29 is 4.79 Å². The molecule has 6 nitrogen and oxygen atoms in total. The van der Waals surface area contributed by atoms with Crippen LogP contribution < -0.4 is 5.32 Å². The lowest BCUT2D eigenvalue weighted by atomic mass is 10.0. The van der Waals surface area contributed by atoms with Gasteiger partial charge in [0, 0.05) is 23.1 Å². The van der Waals surface area contributed by atoms with E-state index in [2.05, 4.69) is 20.4 Å². The highest BCUT2D eigenvalue weighted by Crippen LogP contribution is 2.27. The van der Waals surface area contributed by atoms with Gasteiger partial charge in [0.25, 0.3) is 11.7 Å². The van der Waals surface area contributed by atoms with Crippen molar-refractivity contribution in [2.24, 2.45) is 0 Å². The highest BCUT2D eigenvalue weighted by molar-refractivity contribution is 6.04. The van der Waals surface area contributed by atoms with E-state index in [0.717, 1.165) is 16.8 Å². The maximum Gasteiger partial charge on any atom is 0.295 e. The van der Waals surface area contributed by atoms with Gasteiger partial charge < -0.3 is 5.32 Å². The van der Waals surface area contributed by atoms with Crippen LogP contribution in [-0.4, -0.2) is 25.5 Å². The van der Waals surface area contributed by atoms with Crippen LogP contribution in [0.15, 0.2) is 66.9 Å². The molecule has 1 amide bonds. The third-order valence-corrected chi connectivity index (χ3v) is 3.89. The summed E-state index contributed by atoms with van der Waals surface area (Å²) in [6.45, 7) is 1.88. The van der Waals surface area contributed by atoms with Gasteiger partial charge in [0.05, 0.1) is 0 Å². The molecule has 0 spiro atoms. The summed E-state index contributed by atoms with van der Waals surface area (Å²) in [5.74, 6) is 0.124. The second-order valence-corrected chi connectivity index (χ2v) is 5.60. The molecular weight excluding hydrogens is 314 g/mol. The molecule has 2 aromatic heterocycles. The molecule has 0 aliphatic carbocycles. The molecule has 0 aliphatic rings. The van der Waals surface area contributed by atoms with Crippen molar-refractivity contribution in [1.29, 1.82) is 0 Å². The fourth-order valence-electron chi connectivity index (χ4n) is 2.64. The normalized spacial score (nSPS) is 10.8. The van der Waals surface area contributed by atoms with Gasteiger partial charge in [-0.3, -0.25) is 4.79 Å². The fourth-order valence-corrected chi connectivity index (χ4v) is 2.64. The zero-order valence-corrected chi connectivity index (χ0v) is 13.5. The molecule has 0 bridgehead atoms. The van der Waals surface area contributed by atoms with Gasteiger partial charge in [-0.2, -0.15) is 4.98 Å². The number of nitrogens with zero attached hydrogens (tertiary/aromatic N) is 4. The number of carbonyl (C=O) groups is 1. The van der Waals surface area contributed by atoms with Crippen LogP contribution in [0.4, 0.5) is 5.69 Å². The molecular formula is C19H15N5O. The van der Waals surface area contributed by atoms with Crippen molar-refractivity contribution in [2.75, 3.05) is 5.32 Å². The highest BCUT2D eigenvalue weighted by atomic mass is 16.2. The molecule has 4 rings (SSSR count). The number of aromatic nitrogens is 4. The summed E-state index contributed by atoms with van der Waals surface area (Å²) < 4.78 is 1.55. The molecule has 2 heterocycles. The van der Waals surface area contributed by atoms with E-state index < -0.39 is 0 Å². The first-order chi connectivity index (χ1) is 12.2. The van der Waals surface area contributed by atoms with Crippen molar-refractivity contribution in [3.05, 3.63) is 78.4 Å². The second-order valence-electron chi connectivity index (χ2n) is 5.60. The van der Waals surface area contributed by atoms with Gasteiger partial charge in [0.1, 0.15) is 0 Å². The minimum atomic E-state index is -0.367. The Hall–Kier alpha value is -3.54. The molecule has 0 unspecified atom stereocenters. The van der Waals surface area contributed by atoms with Gasteiger partial charge in [-0.1, -0.05) is 48.5 Å². The lowest BCUT2D eigenvalue weighted by molar-refractivity contribution is 0.101. The van der Waals surface area contributed by atoms with E-state index in [9.17, 15) is 4.79 Å². The van der Waals surface area contributed by atoms with Crippen LogP contribution in [0.2, 0.25) is 0 Å². The van der Waals surface area contributed by atoms with Crippen LogP contribution in [0.25, 0.3) is 16.9 Å². The van der Waals surface area contributed by atoms with E-state index in [1.807, 2.05) is 67.6 Å². The quantitative estimate of drug-likeness (QED) is 0.625. The molecule has 25 heavy (non-hydrogen) atoms. The van der Waals surface area contributed by atoms with Crippen LogP contribution in [0.3, 0.4) is 0 Å². The predicted molar refractivity (Wildman–Crippen MR) is 95.4 cm³/mol. The van der Waals surface area contributed by atoms with Crippen molar-refractivity contribution in [3.8, 4) is 11.1 Å². The number of benzene rings is 2. The van der Waals surface area contributed by atoms with Crippen LogP contribution in [-0.2, 0) is 0 Å². The first kappa shape index (κ1) is 15.0. The zero-order valence-electron chi connectivity index (χ0n) is 13.5. The number of aryl methyl sites for hydroxylation is 1. The Kier molecular flexibility index (Phi) is 3.70. The van der Waals surface area contributed by atoms with E-state index >= 15 is 0 Å². The van der Waals surface area contributed by atoms with Gasteiger partial charge in [-0.15, -0.1) is 5.10 Å². The van der Waals surface area contributed by atoms with E-state index in [1.165, 1.54) is 0 Å². The third kappa shape index (κ3) is 2.85. The monoisotopic (exact) mass is 329 g/mol. The molecule has 1 N–H and O–H groups in total. The fraction of sp³-hybridized carbons (Fsp3) is 0.0526. The molecule has 0 saturated carbocycles. The van der Waals surface area contributed by atoms with Gasteiger partial charge in [0.2, 0.25) is 5.82 Å². The summed E-state index contributed by atoms with van der Waals surface area (Å²) in [5.41, 5.74) is 3.54. The number of hydrogen-bond acceptors (Lipinski definition) is 4. The van der Waals surface area contributed by atoms with Crippen LogP contribution in [0.1, 0.15) is 16.3 Å². The molecule has 2 aromatic carbocycles. The smallest absolute Gasteiger partial charge is 0.295 e. The molecule has 0 fully saturated rings. The Bertz CT molecular complexity index is 1060. The van der Waals surface area contributed by atoms with Crippen molar-refractivity contribution >= 4 is 17.4 Å². The van der Waals surface area contributed by atoms with Gasteiger partial charge >= 0.3 is 0 Å². The number of rotatable bonds is 3. The van der Waals surface area contributed by atoms with Crippen molar-refractivity contribution in [1.82, 2.24) is 19.6 Å². The number of hydrogen-bond donors (Lipinski definition) is 1. The van der Waals surface area contributed by atoms with Crippen LogP contribution >= 0.6 is 0 Å². The summed E-state index contributed by atoms with van der Waals surface area (Å²) in [5, 5.41) is 7.14. The second kappa shape index (κ2) is 6.16. The number of carbonyl (C=O) groups excluding carboxylic acids is 1. The summed E-state index contributed by atoms with van der Waals surface area (Å²) in [6.07, 6.45) is 1.64. The predicted octanol–water partition coefficient (Wildman–Crippen LogP) is 3.35. The molecule has 122 valence electrons. The number of fused-ring (bicyclic) bond motifs is 1. The lowest BCUT2D eigenvalue weighted by Gasteiger charge is -2.10. The largest absolute Gasteiger partial charge is 0.319 e. The van der Waals surface area contributed by atoms with Crippen molar-refractivity contribution in [3.63, 3.8) is 0 Å². The molecule has 0 aliphatic heterocycles. The summed E-state index contributed by atoms with van der Waals surface area (Å²) in [7, 11) is 0. The topological polar surface area (TPSA) is 72.2 Å². The van der Waals surface area contributed by atoms with E-state index in [-0.39, 0.29) is 11.7 Å². The number of amides is 1. The van der Waals surface area contributed by atoms with Gasteiger partial charge in [-0.05, 0) is 24.6 Å². The third-order valence-electron chi connectivity index (χ3n) is 3.89. The molecule has 4 aromatic rings. The average molecular weight is 329 g/mol. The highest BCUT2D eigenvalue weighted by Gasteiger charge is 2.16. The van der Waals surface area contributed by atoms with E-state index in [1.54, 1.807) is 10.7 Å². The SMILES string of the molecule is Cc1ccnc2nc(C(=O)Nc3ccccc3-c3ccccc3)nn12. The maximum atomic E-state index is 12.6.